The first-order valence-electron chi connectivity index (χ1n) is 7.36. The third kappa shape index (κ3) is 2.08. The van der Waals surface area contributed by atoms with Gasteiger partial charge < -0.3 is 0 Å². The highest BCUT2D eigenvalue weighted by Gasteiger charge is 2.34. The van der Waals surface area contributed by atoms with Crippen LogP contribution in [-0.2, 0) is 12.8 Å². The molecule has 1 aromatic carbocycles. The van der Waals surface area contributed by atoms with Crippen LogP contribution in [-0.4, -0.2) is 48.1 Å². The zero-order valence-corrected chi connectivity index (χ0v) is 11.6. The summed E-state index contributed by atoms with van der Waals surface area (Å²) in [6.07, 6.45) is 2.46. The lowest BCUT2D eigenvalue weighted by atomic mass is 9.88. The van der Waals surface area contributed by atoms with Crippen molar-refractivity contribution in [1.82, 2.24) is 9.80 Å². The average molecular weight is 244 g/mol. The van der Waals surface area contributed by atoms with Crippen LogP contribution in [0.3, 0.4) is 0 Å². The molecule has 2 nitrogen and oxygen atoms in total. The van der Waals surface area contributed by atoms with Gasteiger partial charge in [0.05, 0.1) is 0 Å². The first-order valence-corrected chi connectivity index (χ1v) is 7.36. The zero-order valence-electron chi connectivity index (χ0n) is 11.6. The largest absolute Gasteiger partial charge is 0.297 e. The maximum Gasteiger partial charge on any atom is 0.0264 e. The SMILES string of the molecule is CCN1CC2Cc3ccccc3CC1CN2CC. The topological polar surface area (TPSA) is 6.48 Å². The van der Waals surface area contributed by atoms with Crippen LogP contribution in [0.5, 0.6) is 0 Å². The van der Waals surface area contributed by atoms with Gasteiger partial charge in [0.1, 0.15) is 0 Å². The predicted molar refractivity (Wildman–Crippen MR) is 75.9 cm³/mol. The Bertz CT molecular complexity index is 376. The lowest BCUT2D eigenvalue weighted by molar-refractivity contribution is 0.0303. The number of rotatable bonds is 2. The normalized spacial score (nSPS) is 28.8. The Morgan fingerprint density at radius 1 is 0.889 bits per heavy atom. The smallest absolute Gasteiger partial charge is 0.0264 e. The highest BCUT2D eigenvalue weighted by Crippen LogP contribution is 2.26. The van der Waals surface area contributed by atoms with Gasteiger partial charge in [0.25, 0.3) is 0 Å². The maximum atomic E-state index is 2.69. The van der Waals surface area contributed by atoms with Crippen LogP contribution >= 0.6 is 0 Å². The fourth-order valence-electron chi connectivity index (χ4n) is 3.70. The quantitative estimate of drug-likeness (QED) is 0.787. The second kappa shape index (κ2) is 5.02. The van der Waals surface area contributed by atoms with Gasteiger partial charge in [-0.1, -0.05) is 38.1 Å². The van der Waals surface area contributed by atoms with Crippen LogP contribution in [0.2, 0.25) is 0 Å². The fraction of sp³-hybridized carbons (Fsp3) is 0.625. The van der Waals surface area contributed by atoms with E-state index in [0.717, 1.165) is 0 Å². The molecule has 18 heavy (non-hydrogen) atoms. The van der Waals surface area contributed by atoms with Crippen molar-refractivity contribution in [1.29, 1.82) is 0 Å². The van der Waals surface area contributed by atoms with E-state index in [1.165, 1.54) is 39.0 Å². The van der Waals surface area contributed by atoms with Gasteiger partial charge in [-0.2, -0.15) is 0 Å². The van der Waals surface area contributed by atoms with Gasteiger partial charge >= 0.3 is 0 Å². The lowest BCUT2D eigenvalue weighted by Gasteiger charge is -2.48. The van der Waals surface area contributed by atoms with Crippen molar-refractivity contribution in [3.05, 3.63) is 35.4 Å². The molecule has 4 rings (SSSR count). The third-order valence-corrected chi connectivity index (χ3v) is 4.77. The molecule has 1 fully saturated rings. The summed E-state index contributed by atoms with van der Waals surface area (Å²) in [5.74, 6) is 0. The minimum atomic E-state index is 0.715. The Balaban J connectivity index is 1.95. The van der Waals surface area contributed by atoms with Gasteiger partial charge in [-0.15, -0.1) is 0 Å². The van der Waals surface area contributed by atoms with Crippen molar-refractivity contribution in [3.8, 4) is 0 Å². The van der Waals surface area contributed by atoms with Crippen molar-refractivity contribution >= 4 is 0 Å². The van der Waals surface area contributed by atoms with Crippen molar-refractivity contribution in [2.24, 2.45) is 0 Å². The first-order chi connectivity index (χ1) is 8.81. The van der Waals surface area contributed by atoms with E-state index in [9.17, 15) is 0 Å². The number of piperazine rings is 1. The Morgan fingerprint density at radius 2 is 1.33 bits per heavy atom. The van der Waals surface area contributed by atoms with Crippen molar-refractivity contribution < 1.29 is 0 Å². The molecule has 3 heterocycles. The van der Waals surface area contributed by atoms with E-state index in [-0.39, 0.29) is 0 Å². The molecule has 2 unspecified atom stereocenters. The average Bonchev–Trinajstić information content (AvgIpc) is 2.38. The summed E-state index contributed by atoms with van der Waals surface area (Å²) in [7, 11) is 0. The molecule has 2 heteroatoms. The number of hydrogen-bond donors (Lipinski definition) is 0. The molecule has 0 radical (unpaired) electrons. The van der Waals surface area contributed by atoms with E-state index < -0.39 is 0 Å². The Hall–Kier alpha value is -0.860. The van der Waals surface area contributed by atoms with Gasteiger partial charge in [-0.3, -0.25) is 9.80 Å². The zero-order chi connectivity index (χ0) is 12.5. The van der Waals surface area contributed by atoms with Crippen LogP contribution in [0, 0.1) is 0 Å². The molecule has 1 saturated heterocycles. The number of likely N-dealkylation sites (N-methyl/N-ethyl adjacent to an activating group) is 2. The molecule has 0 aromatic heterocycles. The van der Waals surface area contributed by atoms with E-state index >= 15 is 0 Å². The van der Waals surface area contributed by atoms with Gasteiger partial charge in [0.2, 0.25) is 0 Å². The van der Waals surface area contributed by atoms with Gasteiger partial charge in [-0.05, 0) is 37.1 Å². The second-order valence-corrected chi connectivity index (χ2v) is 5.66. The molecule has 3 aliphatic rings. The molecule has 98 valence electrons. The van der Waals surface area contributed by atoms with Gasteiger partial charge in [0.15, 0.2) is 0 Å². The lowest BCUT2D eigenvalue weighted by Crippen LogP contribution is -2.60. The second-order valence-electron chi connectivity index (χ2n) is 5.66. The van der Waals surface area contributed by atoms with Gasteiger partial charge in [-0.25, -0.2) is 0 Å². The summed E-state index contributed by atoms with van der Waals surface area (Å²) in [6, 6.07) is 10.5. The molecule has 3 aliphatic heterocycles. The highest BCUT2D eigenvalue weighted by atomic mass is 15.3. The summed E-state index contributed by atoms with van der Waals surface area (Å²) in [4.78, 5) is 5.37. The van der Waals surface area contributed by atoms with Crippen molar-refractivity contribution in [2.75, 3.05) is 26.2 Å². The molecule has 0 N–H and O–H groups in total. The van der Waals surface area contributed by atoms with E-state index in [0.29, 0.717) is 12.1 Å². The Kier molecular flexibility index (Phi) is 3.40. The van der Waals surface area contributed by atoms with Gasteiger partial charge in [0, 0.05) is 25.2 Å². The molecular formula is C16H24N2. The predicted octanol–water partition coefficient (Wildman–Crippen LogP) is 2.18. The molecule has 0 aliphatic carbocycles. The monoisotopic (exact) mass is 244 g/mol. The van der Waals surface area contributed by atoms with Crippen LogP contribution in [0.4, 0.5) is 0 Å². The number of nitrogens with zero attached hydrogens (tertiary/aromatic N) is 2. The molecular weight excluding hydrogens is 220 g/mol. The minimum absolute atomic E-state index is 0.715. The summed E-state index contributed by atoms with van der Waals surface area (Å²) in [6.45, 7) is 9.51. The van der Waals surface area contributed by atoms with Crippen molar-refractivity contribution in [2.45, 2.75) is 38.8 Å². The van der Waals surface area contributed by atoms with Crippen LogP contribution in [0.25, 0.3) is 0 Å². The van der Waals surface area contributed by atoms with E-state index in [1.54, 1.807) is 11.1 Å². The van der Waals surface area contributed by atoms with Crippen LogP contribution in [0.15, 0.2) is 24.3 Å². The molecule has 2 bridgehead atoms. The van der Waals surface area contributed by atoms with Crippen LogP contribution < -0.4 is 0 Å². The maximum absolute atomic E-state index is 2.69. The summed E-state index contributed by atoms with van der Waals surface area (Å²) < 4.78 is 0. The van der Waals surface area contributed by atoms with E-state index in [2.05, 4.69) is 47.9 Å². The first kappa shape index (κ1) is 12.2. The van der Waals surface area contributed by atoms with E-state index in [1.807, 2.05) is 0 Å². The molecule has 0 spiro atoms. The van der Waals surface area contributed by atoms with Crippen LogP contribution in [0.1, 0.15) is 25.0 Å². The summed E-state index contributed by atoms with van der Waals surface area (Å²) >= 11 is 0. The molecule has 0 amide bonds. The molecule has 0 saturated carbocycles. The third-order valence-electron chi connectivity index (χ3n) is 4.77. The number of hydrogen-bond acceptors (Lipinski definition) is 2. The standard InChI is InChI=1S/C16H24N2/c1-3-17-11-16-10-14-8-6-5-7-13(14)9-15(17)12-18(16)4-2/h5-8,15-16H,3-4,9-12H2,1-2H3. The summed E-state index contributed by atoms with van der Waals surface area (Å²) in [5.41, 5.74) is 3.17. The summed E-state index contributed by atoms with van der Waals surface area (Å²) in [5, 5.41) is 0. The van der Waals surface area contributed by atoms with E-state index in [4.69, 9.17) is 0 Å². The molecule has 1 aromatic rings. The highest BCUT2D eigenvalue weighted by molar-refractivity contribution is 5.30. The minimum Gasteiger partial charge on any atom is -0.297 e. The van der Waals surface area contributed by atoms with Crippen molar-refractivity contribution in [3.63, 3.8) is 0 Å². The fourth-order valence-corrected chi connectivity index (χ4v) is 3.70. The number of benzene rings is 1. The molecule has 2 atom stereocenters. The number of fused-ring (bicyclic) bond motifs is 2. The Morgan fingerprint density at radius 3 is 1.72 bits per heavy atom. The Labute approximate surface area is 111 Å².